The third-order valence-electron chi connectivity index (χ3n) is 3.57. The van der Waals surface area contributed by atoms with Gasteiger partial charge in [-0.05, 0) is 24.3 Å². The second-order valence-corrected chi connectivity index (χ2v) is 5.55. The number of ether oxygens (including phenoxy) is 2. The lowest BCUT2D eigenvalue weighted by Gasteiger charge is -2.13. The van der Waals surface area contributed by atoms with Gasteiger partial charge in [0, 0.05) is 0 Å². The number of carboxylic acids is 2. The van der Waals surface area contributed by atoms with E-state index in [0.717, 1.165) is 0 Å². The summed E-state index contributed by atoms with van der Waals surface area (Å²) in [5.74, 6) is -4.53. The highest BCUT2D eigenvalue weighted by Gasteiger charge is 2.20. The molecule has 3 N–H and O–H groups in total. The van der Waals surface area contributed by atoms with Crippen molar-refractivity contribution < 1.29 is 44.0 Å². The summed E-state index contributed by atoms with van der Waals surface area (Å²) in [5.41, 5.74) is -0.874. The van der Waals surface area contributed by atoms with Gasteiger partial charge in [-0.25, -0.2) is 19.2 Å². The molecule has 0 saturated heterocycles. The van der Waals surface area contributed by atoms with Gasteiger partial charge >= 0.3 is 23.9 Å². The van der Waals surface area contributed by atoms with Gasteiger partial charge in [-0.15, -0.1) is 0 Å². The third-order valence-corrected chi connectivity index (χ3v) is 3.57. The number of rotatable bonds is 8. The average molecular weight is 388 g/mol. The Morgan fingerprint density at radius 1 is 0.679 bits per heavy atom. The van der Waals surface area contributed by atoms with Crippen molar-refractivity contribution in [3.05, 3.63) is 70.8 Å². The zero-order valence-electron chi connectivity index (χ0n) is 14.4. The fourth-order valence-corrected chi connectivity index (χ4v) is 2.24. The number of aromatic carboxylic acids is 2. The van der Waals surface area contributed by atoms with Crippen LogP contribution in [0.1, 0.15) is 41.4 Å². The lowest BCUT2D eigenvalue weighted by molar-refractivity contribution is -0.00495. The summed E-state index contributed by atoms with van der Waals surface area (Å²) < 4.78 is 9.69. The van der Waals surface area contributed by atoms with Crippen LogP contribution in [0.2, 0.25) is 0 Å². The van der Waals surface area contributed by atoms with E-state index in [4.69, 9.17) is 19.7 Å². The van der Waals surface area contributed by atoms with Crippen LogP contribution in [0.4, 0.5) is 0 Å². The van der Waals surface area contributed by atoms with Crippen molar-refractivity contribution in [3.8, 4) is 0 Å². The zero-order valence-corrected chi connectivity index (χ0v) is 14.4. The van der Waals surface area contributed by atoms with Gasteiger partial charge in [0.15, 0.2) is 0 Å². The minimum atomic E-state index is -1.39. The maximum Gasteiger partial charge on any atom is 0.339 e. The number of aliphatic hydroxyl groups excluding tert-OH is 1. The highest BCUT2D eigenvalue weighted by Crippen LogP contribution is 2.12. The number of esters is 2. The summed E-state index contributed by atoms with van der Waals surface area (Å²) in [7, 11) is 0. The minimum Gasteiger partial charge on any atom is -0.478 e. The maximum atomic E-state index is 12.0. The van der Waals surface area contributed by atoms with Crippen molar-refractivity contribution in [2.45, 2.75) is 6.10 Å². The number of aliphatic hydroxyl groups is 1. The molecule has 0 aliphatic carbocycles. The van der Waals surface area contributed by atoms with Gasteiger partial charge in [0.05, 0.1) is 22.3 Å². The van der Waals surface area contributed by atoms with Crippen molar-refractivity contribution in [2.75, 3.05) is 13.2 Å². The predicted molar refractivity (Wildman–Crippen MR) is 93.4 cm³/mol. The Hall–Kier alpha value is -3.72. The Bertz CT molecular complexity index is 830. The molecule has 0 heterocycles. The van der Waals surface area contributed by atoms with Crippen LogP contribution in [-0.2, 0) is 9.47 Å². The Balaban J connectivity index is 1.91. The van der Waals surface area contributed by atoms with Gasteiger partial charge in [-0.2, -0.15) is 0 Å². The summed E-state index contributed by atoms with van der Waals surface area (Å²) in [5, 5.41) is 27.9. The van der Waals surface area contributed by atoms with E-state index in [1.54, 1.807) is 0 Å². The van der Waals surface area contributed by atoms with Crippen molar-refractivity contribution in [2.24, 2.45) is 0 Å². The molecule has 2 rings (SSSR count). The second-order valence-electron chi connectivity index (χ2n) is 5.55. The van der Waals surface area contributed by atoms with Crippen LogP contribution in [0.15, 0.2) is 48.5 Å². The molecule has 146 valence electrons. The normalized spacial score (nSPS) is 10.4. The molecule has 9 nitrogen and oxygen atoms in total. The van der Waals surface area contributed by atoms with Crippen molar-refractivity contribution >= 4 is 23.9 Å². The number of hydrogen-bond acceptors (Lipinski definition) is 7. The quantitative estimate of drug-likeness (QED) is 0.572. The number of carbonyl (C=O) groups is 4. The number of carboxylic acid groups (broad SMARTS) is 2. The molecular weight excluding hydrogens is 372 g/mol. The van der Waals surface area contributed by atoms with Crippen LogP contribution in [0.3, 0.4) is 0 Å². The summed E-state index contributed by atoms with van der Waals surface area (Å²) in [4.78, 5) is 46.2. The summed E-state index contributed by atoms with van der Waals surface area (Å²) in [6.07, 6.45) is -1.39. The second kappa shape index (κ2) is 9.28. The van der Waals surface area contributed by atoms with E-state index >= 15 is 0 Å². The van der Waals surface area contributed by atoms with Crippen LogP contribution in [0.5, 0.6) is 0 Å². The molecule has 28 heavy (non-hydrogen) atoms. The topological polar surface area (TPSA) is 147 Å². The molecule has 0 radical (unpaired) electrons. The van der Waals surface area contributed by atoms with Crippen LogP contribution < -0.4 is 0 Å². The van der Waals surface area contributed by atoms with Crippen LogP contribution in [0.25, 0.3) is 0 Å². The fourth-order valence-electron chi connectivity index (χ4n) is 2.24. The summed E-state index contributed by atoms with van der Waals surface area (Å²) in [6.45, 7) is -1.11. The largest absolute Gasteiger partial charge is 0.478 e. The van der Waals surface area contributed by atoms with Crippen molar-refractivity contribution in [1.29, 1.82) is 0 Å². The summed E-state index contributed by atoms with van der Waals surface area (Å²) in [6, 6.07) is 10.8. The molecule has 0 bridgehead atoms. The van der Waals surface area contributed by atoms with Gasteiger partial charge in [-0.3, -0.25) is 0 Å². The van der Waals surface area contributed by atoms with E-state index in [1.807, 2.05) is 0 Å². The van der Waals surface area contributed by atoms with Gasteiger partial charge in [0.2, 0.25) is 0 Å². The van der Waals surface area contributed by atoms with E-state index in [9.17, 15) is 24.3 Å². The molecule has 9 heteroatoms. The zero-order chi connectivity index (χ0) is 20.7. The van der Waals surface area contributed by atoms with Crippen LogP contribution >= 0.6 is 0 Å². The van der Waals surface area contributed by atoms with Gasteiger partial charge < -0.3 is 24.8 Å². The number of benzene rings is 2. The monoisotopic (exact) mass is 388 g/mol. The lowest BCUT2D eigenvalue weighted by atomic mass is 10.1. The van der Waals surface area contributed by atoms with Gasteiger partial charge in [-0.1, -0.05) is 24.3 Å². The molecule has 2 aromatic rings. The summed E-state index contributed by atoms with van der Waals surface area (Å²) >= 11 is 0. The number of hydrogen-bond donors (Lipinski definition) is 3. The third kappa shape index (κ3) is 5.15. The number of carbonyl (C=O) groups excluding carboxylic acids is 2. The molecule has 0 atom stereocenters. The van der Waals surface area contributed by atoms with Gasteiger partial charge in [0.25, 0.3) is 0 Å². The van der Waals surface area contributed by atoms with E-state index < -0.39 is 43.2 Å². The van der Waals surface area contributed by atoms with Crippen LogP contribution in [0, 0.1) is 0 Å². The van der Waals surface area contributed by atoms with E-state index in [2.05, 4.69) is 0 Å². The highest BCUT2D eigenvalue weighted by atomic mass is 16.6. The Labute approximate surface area is 158 Å². The smallest absolute Gasteiger partial charge is 0.339 e. The average Bonchev–Trinajstić information content (AvgIpc) is 2.70. The Kier molecular flexibility index (Phi) is 6.83. The molecule has 0 unspecified atom stereocenters. The van der Waals surface area contributed by atoms with Gasteiger partial charge in [0.1, 0.15) is 19.3 Å². The Morgan fingerprint density at radius 2 is 1.00 bits per heavy atom. The first-order chi connectivity index (χ1) is 13.3. The fraction of sp³-hybridized carbons (Fsp3) is 0.158. The Morgan fingerprint density at radius 3 is 1.32 bits per heavy atom. The maximum absolute atomic E-state index is 12.0. The molecule has 0 aliphatic heterocycles. The molecular formula is C19H16O9. The highest BCUT2D eigenvalue weighted by molar-refractivity contribution is 6.03. The molecule has 0 amide bonds. The van der Waals surface area contributed by atoms with Crippen molar-refractivity contribution in [3.63, 3.8) is 0 Å². The molecule has 0 aromatic heterocycles. The first kappa shape index (κ1) is 20.6. The van der Waals surface area contributed by atoms with Crippen LogP contribution in [-0.4, -0.2) is 58.5 Å². The first-order valence-corrected chi connectivity index (χ1v) is 7.98. The van der Waals surface area contributed by atoms with E-state index in [0.29, 0.717) is 0 Å². The lowest BCUT2D eigenvalue weighted by Crippen LogP contribution is -2.26. The SMILES string of the molecule is O=C(O)c1ccccc1C(=O)OCC(O)COC(=O)c1ccccc1C(=O)O. The molecule has 0 aliphatic rings. The molecule has 0 spiro atoms. The molecule has 0 fully saturated rings. The first-order valence-electron chi connectivity index (χ1n) is 7.98. The molecule has 2 aromatic carbocycles. The van der Waals surface area contributed by atoms with E-state index in [1.165, 1.54) is 48.5 Å². The minimum absolute atomic E-state index is 0.186. The van der Waals surface area contributed by atoms with Crippen molar-refractivity contribution in [1.82, 2.24) is 0 Å². The molecule has 0 saturated carbocycles. The standard InChI is InChI=1S/C19H16O9/c20-11(9-27-18(25)14-7-3-1-5-12(14)16(21)22)10-28-19(26)15-8-4-2-6-13(15)17(23)24/h1-8,11,20H,9-10H2,(H,21,22)(H,23,24). The predicted octanol–water partition coefficient (Wildman–Crippen LogP) is 1.46. The van der Waals surface area contributed by atoms with E-state index in [-0.39, 0.29) is 22.3 Å².